The number of fused-ring (bicyclic) bond motifs is 1. The van der Waals surface area contributed by atoms with E-state index in [4.69, 9.17) is 4.74 Å². The number of rotatable bonds is 4. The van der Waals surface area contributed by atoms with Crippen LogP contribution in [0, 0.1) is 6.92 Å². The lowest BCUT2D eigenvalue weighted by Gasteiger charge is -2.10. The molecule has 2 amide bonds. The Morgan fingerprint density at radius 1 is 0.960 bits per heavy atom. The molecule has 0 bridgehead atoms. The lowest BCUT2D eigenvalue weighted by atomic mass is 10.2. The van der Waals surface area contributed by atoms with E-state index < -0.39 is 11.8 Å². The summed E-state index contributed by atoms with van der Waals surface area (Å²) >= 11 is 0. The Balaban J connectivity index is 1.54. The first-order chi connectivity index (χ1) is 12.1. The molecule has 0 fully saturated rings. The maximum absolute atomic E-state index is 12.1. The summed E-state index contributed by atoms with van der Waals surface area (Å²) in [5, 5.41) is 0.940. The number of benzene rings is 2. The van der Waals surface area contributed by atoms with Crippen LogP contribution in [0.1, 0.15) is 16.1 Å². The van der Waals surface area contributed by atoms with Gasteiger partial charge in [-0.1, -0.05) is 42.5 Å². The van der Waals surface area contributed by atoms with E-state index in [1.165, 1.54) is 0 Å². The van der Waals surface area contributed by atoms with Gasteiger partial charge in [0.25, 0.3) is 11.8 Å². The Morgan fingerprint density at radius 2 is 1.72 bits per heavy atom. The highest BCUT2D eigenvalue weighted by molar-refractivity contribution is 5.95. The largest absolute Gasteiger partial charge is 0.483 e. The Hall–Kier alpha value is -3.41. The molecule has 3 aromatic rings. The minimum absolute atomic E-state index is 0.198. The third kappa shape index (κ3) is 4.11. The molecule has 3 rings (SSSR count). The van der Waals surface area contributed by atoms with Crippen molar-refractivity contribution in [2.45, 2.75) is 6.92 Å². The molecule has 0 atom stereocenters. The summed E-state index contributed by atoms with van der Waals surface area (Å²) < 4.78 is 5.42. The van der Waals surface area contributed by atoms with E-state index in [-0.39, 0.29) is 12.3 Å². The number of hydrazine groups is 1. The fourth-order valence-electron chi connectivity index (χ4n) is 2.28. The van der Waals surface area contributed by atoms with Gasteiger partial charge in [0.15, 0.2) is 6.61 Å². The minimum atomic E-state index is -0.491. The van der Waals surface area contributed by atoms with Crippen molar-refractivity contribution in [1.29, 1.82) is 0 Å². The zero-order chi connectivity index (χ0) is 17.6. The van der Waals surface area contributed by atoms with Gasteiger partial charge in [-0.15, -0.1) is 0 Å². The Bertz CT molecular complexity index is 924. The minimum Gasteiger partial charge on any atom is -0.483 e. The van der Waals surface area contributed by atoms with Crippen LogP contribution >= 0.6 is 0 Å². The van der Waals surface area contributed by atoms with Crippen molar-refractivity contribution in [2.75, 3.05) is 6.61 Å². The maximum Gasteiger partial charge on any atom is 0.288 e. The molecule has 0 radical (unpaired) electrons. The van der Waals surface area contributed by atoms with E-state index in [0.29, 0.717) is 11.3 Å². The number of hydrogen-bond acceptors (Lipinski definition) is 4. The summed E-state index contributed by atoms with van der Waals surface area (Å²) in [4.78, 5) is 28.2. The van der Waals surface area contributed by atoms with Crippen LogP contribution < -0.4 is 15.6 Å². The summed E-state index contributed by atoms with van der Waals surface area (Å²) in [5.74, 6) is -0.326. The highest BCUT2D eigenvalue weighted by Crippen LogP contribution is 2.15. The first kappa shape index (κ1) is 16.4. The summed E-state index contributed by atoms with van der Waals surface area (Å²) in [6.45, 7) is 1.69. The molecule has 0 saturated heterocycles. The van der Waals surface area contributed by atoms with Gasteiger partial charge in [0.05, 0.1) is 5.52 Å². The number of pyridine rings is 1. The summed E-state index contributed by atoms with van der Waals surface area (Å²) in [6.07, 6.45) is 0. The van der Waals surface area contributed by atoms with Crippen LogP contribution in [0.15, 0.2) is 60.7 Å². The van der Waals surface area contributed by atoms with Gasteiger partial charge in [-0.25, -0.2) is 4.98 Å². The first-order valence-electron chi connectivity index (χ1n) is 7.77. The highest BCUT2D eigenvalue weighted by Gasteiger charge is 2.10. The van der Waals surface area contributed by atoms with Gasteiger partial charge in [-0.05, 0) is 30.7 Å². The molecule has 0 unspecified atom stereocenters. The number of amides is 2. The smallest absolute Gasteiger partial charge is 0.288 e. The summed E-state index contributed by atoms with van der Waals surface area (Å²) in [6, 6.07) is 18.3. The Kier molecular flexibility index (Phi) is 4.89. The van der Waals surface area contributed by atoms with Crippen LogP contribution in [0.5, 0.6) is 5.75 Å². The van der Waals surface area contributed by atoms with Crippen LogP contribution in [-0.4, -0.2) is 23.4 Å². The van der Waals surface area contributed by atoms with Crippen LogP contribution in [0.4, 0.5) is 0 Å². The van der Waals surface area contributed by atoms with Gasteiger partial charge < -0.3 is 4.74 Å². The molecule has 1 aromatic heterocycles. The van der Waals surface area contributed by atoms with Gasteiger partial charge in [0.1, 0.15) is 11.4 Å². The molecule has 25 heavy (non-hydrogen) atoms. The molecule has 2 aromatic carbocycles. The second kappa shape index (κ2) is 7.44. The Labute approximate surface area is 144 Å². The number of nitrogens with zero attached hydrogens (tertiary/aromatic N) is 1. The van der Waals surface area contributed by atoms with Crippen LogP contribution in [0.25, 0.3) is 10.9 Å². The molecule has 126 valence electrons. The third-order valence-electron chi connectivity index (χ3n) is 3.60. The molecule has 0 spiro atoms. The first-order valence-corrected chi connectivity index (χ1v) is 7.77. The molecular weight excluding hydrogens is 318 g/mol. The second-order valence-electron chi connectivity index (χ2n) is 5.45. The van der Waals surface area contributed by atoms with Crippen molar-refractivity contribution in [2.24, 2.45) is 0 Å². The topological polar surface area (TPSA) is 80.3 Å². The average molecular weight is 335 g/mol. The summed E-state index contributed by atoms with van der Waals surface area (Å²) in [7, 11) is 0. The van der Waals surface area contributed by atoms with Crippen molar-refractivity contribution < 1.29 is 14.3 Å². The highest BCUT2D eigenvalue weighted by atomic mass is 16.5. The number of hydrogen-bond donors (Lipinski definition) is 2. The van der Waals surface area contributed by atoms with E-state index in [0.717, 1.165) is 10.9 Å². The van der Waals surface area contributed by atoms with E-state index >= 15 is 0 Å². The maximum atomic E-state index is 12.1. The van der Waals surface area contributed by atoms with E-state index in [9.17, 15) is 9.59 Å². The van der Waals surface area contributed by atoms with Gasteiger partial charge in [-0.3, -0.25) is 20.4 Å². The zero-order valence-corrected chi connectivity index (χ0v) is 13.7. The number of para-hydroxylation sites is 2. The van der Waals surface area contributed by atoms with Crippen molar-refractivity contribution in [3.8, 4) is 5.75 Å². The third-order valence-corrected chi connectivity index (χ3v) is 3.60. The quantitative estimate of drug-likeness (QED) is 0.718. The van der Waals surface area contributed by atoms with E-state index in [1.54, 1.807) is 18.2 Å². The lowest BCUT2D eigenvalue weighted by molar-refractivity contribution is -0.123. The Morgan fingerprint density at radius 3 is 2.56 bits per heavy atom. The number of carbonyl (C=O) groups is 2. The number of nitrogens with one attached hydrogen (secondary N) is 2. The average Bonchev–Trinajstić information content (AvgIpc) is 2.65. The van der Waals surface area contributed by atoms with Gasteiger partial charge >= 0.3 is 0 Å². The van der Waals surface area contributed by atoms with Gasteiger partial charge in [-0.2, -0.15) is 0 Å². The van der Waals surface area contributed by atoms with E-state index in [2.05, 4.69) is 15.8 Å². The summed E-state index contributed by atoms with van der Waals surface area (Å²) in [5.41, 5.74) is 6.51. The van der Waals surface area contributed by atoms with Gasteiger partial charge in [0.2, 0.25) is 0 Å². The van der Waals surface area contributed by atoms with Crippen molar-refractivity contribution in [3.63, 3.8) is 0 Å². The number of ether oxygens (including phenoxy) is 1. The molecule has 0 aliphatic carbocycles. The normalized spacial score (nSPS) is 10.3. The van der Waals surface area contributed by atoms with Crippen molar-refractivity contribution >= 4 is 22.7 Å². The molecule has 1 heterocycles. The molecule has 0 aliphatic heterocycles. The fourth-order valence-corrected chi connectivity index (χ4v) is 2.28. The molecule has 2 N–H and O–H groups in total. The van der Waals surface area contributed by atoms with Crippen LogP contribution in [-0.2, 0) is 4.79 Å². The molecule has 6 heteroatoms. The molecule has 0 aliphatic rings. The number of aryl methyl sites for hydroxylation is 1. The lowest BCUT2D eigenvalue weighted by Crippen LogP contribution is -2.44. The van der Waals surface area contributed by atoms with E-state index in [1.807, 2.05) is 49.4 Å². The standard InChI is InChI=1S/C19H17N3O3/c1-13-6-2-5-9-17(13)25-12-18(23)21-22-19(24)16-11-10-14-7-3-4-8-15(14)20-16/h2-11H,12H2,1H3,(H,21,23)(H,22,24). The second-order valence-corrected chi connectivity index (χ2v) is 5.45. The molecule has 0 saturated carbocycles. The number of carbonyl (C=O) groups excluding carboxylic acids is 2. The van der Waals surface area contributed by atoms with Crippen molar-refractivity contribution in [1.82, 2.24) is 15.8 Å². The van der Waals surface area contributed by atoms with Crippen LogP contribution in [0.2, 0.25) is 0 Å². The number of aromatic nitrogens is 1. The van der Waals surface area contributed by atoms with Gasteiger partial charge in [0, 0.05) is 5.39 Å². The zero-order valence-electron chi connectivity index (χ0n) is 13.7. The van der Waals surface area contributed by atoms with Crippen LogP contribution in [0.3, 0.4) is 0 Å². The van der Waals surface area contributed by atoms with Crippen molar-refractivity contribution in [3.05, 3.63) is 71.9 Å². The predicted octanol–water partition coefficient (Wildman–Crippen LogP) is 2.38. The fraction of sp³-hybridized carbons (Fsp3) is 0.105. The molecular formula is C19H17N3O3. The predicted molar refractivity (Wildman–Crippen MR) is 94.0 cm³/mol. The molecule has 6 nitrogen and oxygen atoms in total. The SMILES string of the molecule is Cc1ccccc1OCC(=O)NNC(=O)c1ccc2ccccc2n1. The monoisotopic (exact) mass is 335 g/mol.